The fraction of sp³-hybridized carbons (Fsp3) is 0.375. The molecule has 1 saturated heterocycles. The monoisotopic (exact) mass is 268 g/mol. The molecule has 0 bridgehead atoms. The summed E-state index contributed by atoms with van der Waals surface area (Å²) in [6.07, 6.45) is 0. The fourth-order valence-corrected chi connectivity index (χ4v) is 2.57. The minimum atomic E-state index is 0.971. The normalized spacial score (nSPS) is 16.4. The Labute approximate surface area is 120 Å². The quantitative estimate of drug-likeness (QED) is 0.836. The van der Waals surface area contributed by atoms with Crippen molar-refractivity contribution in [3.05, 3.63) is 42.1 Å². The summed E-state index contributed by atoms with van der Waals surface area (Å²) >= 11 is 0. The summed E-state index contributed by atoms with van der Waals surface area (Å²) in [6.45, 7) is 6.27. The molecular weight excluding hydrogens is 248 g/mol. The summed E-state index contributed by atoms with van der Waals surface area (Å²) in [7, 11) is 2.17. The van der Waals surface area contributed by atoms with Gasteiger partial charge in [0.25, 0.3) is 0 Å². The van der Waals surface area contributed by atoms with Gasteiger partial charge in [0.2, 0.25) is 0 Å². The van der Waals surface area contributed by atoms with Crippen molar-refractivity contribution in [2.75, 3.05) is 38.1 Å². The molecule has 2 heterocycles. The Balaban J connectivity index is 1.99. The van der Waals surface area contributed by atoms with Crippen LogP contribution in [0.3, 0.4) is 0 Å². The third-order valence-electron chi connectivity index (χ3n) is 3.79. The smallest absolute Gasteiger partial charge is 0.116 e. The Morgan fingerprint density at radius 1 is 0.950 bits per heavy atom. The number of aryl methyl sites for hydroxylation is 1. The minimum absolute atomic E-state index is 0.971. The van der Waals surface area contributed by atoms with E-state index in [0.29, 0.717) is 0 Å². The van der Waals surface area contributed by atoms with Gasteiger partial charge in [0.05, 0.1) is 11.4 Å². The molecular formula is C16H20N4. The Morgan fingerprint density at radius 3 is 2.35 bits per heavy atom. The first-order valence-electron chi connectivity index (χ1n) is 7.07. The van der Waals surface area contributed by atoms with Gasteiger partial charge >= 0.3 is 0 Å². The minimum Gasteiger partial charge on any atom is -0.367 e. The van der Waals surface area contributed by atoms with Gasteiger partial charge in [-0.1, -0.05) is 30.3 Å². The average Bonchev–Trinajstić information content (AvgIpc) is 2.49. The van der Waals surface area contributed by atoms with Crippen LogP contribution in [0.5, 0.6) is 0 Å². The van der Waals surface area contributed by atoms with Gasteiger partial charge in [0, 0.05) is 31.7 Å². The van der Waals surface area contributed by atoms with E-state index in [-0.39, 0.29) is 0 Å². The van der Waals surface area contributed by atoms with Crippen LogP contribution in [0.4, 0.5) is 5.69 Å². The summed E-state index contributed by atoms with van der Waals surface area (Å²) in [6, 6.07) is 12.5. The van der Waals surface area contributed by atoms with E-state index in [1.165, 1.54) is 5.69 Å². The second kappa shape index (κ2) is 5.59. The largest absolute Gasteiger partial charge is 0.367 e. The zero-order valence-electron chi connectivity index (χ0n) is 12.1. The van der Waals surface area contributed by atoms with Crippen LogP contribution >= 0.6 is 0 Å². The van der Waals surface area contributed by atoms with E-state index in [0.717, 1.165) is 43.1 Å². The van der Waals surface area contributed by atoms with Crippen molar-refractivity contribution in [2.24, 2.45) is 0 Å². The molecule has 0 N–H and O–H groups in total. The Kier molecular flexibility index (Phi) is 3.65. The number of piperazine rings is 1. The van der Waals surface area contributed by atoms with Crippen LogP contribution in [0, 0.1) is 6.92 Å². The van der Waals surface area contributed by atoms with Gasteiger partial charge in [-0.15, -0.1) is 5.10 Å². The molecule has 1 aromatic heterocycles. The highest BCUT2D eigenvalue weighted by atomic mass is 15.3. The van der Waals surface area contributed by atoms with E-state index < -0.39 is 0 Å². The van der Waals surface area contributed by atoms with Crippen LogP contribution < -0.4 is 4.90 Å². The lowest BCUT2D eigenvalue weighted by Crippen LogP contribution is -2.44. The van der Waals surface area contributed by atoms with Crippen molar-refractivity contribution in [3.63, 3.8) is 0 Å². The number of nitrogens with zero attached hydrogens (tertiary/aromatic N) is 4. The first kappa shape index (κ1) is 13.1. The van der Waals surface area contributed by atoms with E-state index in [4.69, 9.17) is 0 Å². The highest BCUT2D eigenvalue weighted by Crippen LogP contribution is 2.29. The summed E-state index contributed by atoms with van der Waals surface area (Å²) in [5, 5.41) is 8.68. The standard InChI is InChI=1S/C16H20N4/c1-13-12-15(20-10-8-19(2)9-11-20)16(18-17-13)14-6-4-3-5-7-14/h3-7,12H,8-11H2,1-2H3. The van der Waals surface area contributed by atoms with Gasteiger partial charge in [-0.25, -0.2) is 0 Å². The Bertz CT molecular complexity index is 574. The van der Waals surface area contributed by atoms with Crippen molar-refractivity contribution >= 4 is 5.69 Å². The first-order valence-corrected chi connectivity index (χ1v) is 7.07. The third kappa shape index (κ3) is 2.65. The van der Waals surface area contributed by atoms with E-state index in [9.17, 15) is 0 Å². The van der Waals surface area contributed by atoms with Gasteiger partial charge in [0.1, 0.15) is 5.69 Å². The van der Waals surface area contributed by atoms with Crippen LogP contribution in [-0.4, -0.2) is 48.3 Å². The maximum Gasteiger partial charge on any atom is 0.116 e. The molecule has 4 nitrogen and oxygen atoms in total. The lowest BCUT2D eigenvalue weighted by atomic mass is 10.1. The van der Waals surface area contributed by atoms with Gasteiger partial charge in [-0.05, 0) is 20.0 Å². The van der Waals surface area contributed by atoms with Crippen molar-refractivity contribution in [1.82, 2.24) is 15.1 Å². The molecule has 0 spiro atoms. The van der Waals surface area contributed by atoms with Crippen molar-refractivity contribution < 1.29 is 0 Å². The number of likely N-dealkylation sites (N-methyl/N-ethyl adjacent to an activating group) is 1. The molecule has 1 aliphatic rings. The predicted octanol–water partition coefficient (Wildman–Crippen LogP) is 2.20. The third-order valence-corrected chi connectivity index (χ3v) is 3.79. The number of hydrogen-bond acceptors (Lipinski definition) is 4. The van der Waals surface area contributed by atoms with Crippen LogP contribution in [-0.2, 0) is 0 Å². The Morgan fingerprint density at radius 2 is 1.65 bits per heavy atom. The van der Waals surface area contributed by atoms with Crippen LogP contribution in [0.1, 0.15) is 5.69 Å². The van der Waals surface area contributed by atoms with E-state index >= 15 is 0 Å². The number of anilines is 1. The zero-order chi connectivity index (χ0) is 13.9. The van der Waals surface area contributed by atoms with Gasteiger partial charge < -0.3 is 9.80 Å². The Hall–Kier alpha value is -1.94. The molecule has 2 aromatic rings. The number of benzene rings is 1. The lowest BCUT2D eigenvalue weighted by Gasteiger charge is -2.34. The highest BCUT2D eigenvalue weighted by molar-refractivity contribution is 5.74. The van der Waals surface area contributed by atoms with Crippen molar-refractivity contribution in [2.45, 2.75) is 6.92 Å². The predicted molar refractivity (Wildman–Crippen MR) is 81.9 cm³/mol. The molecule has 1 aromatic carbocycles. The number of rotatable bonds is 2. The molecule has 1 aliphatic heterocycles. The van der Waals surface area contributed by atoms with Gasteiger partial charge in [0.15, 0.2) is 0 Å². The number of hydrogen-bond donors (Lipinski definition) is 0. The fourth-order valence-electron chi connectivity index (χ4n) is 2.57. The summed E-state index contributed by atoms with van der Waals surface area (Å²) in [4.78, 5) is 4.78. The van der Waals surface area contributed by atoms with Crippen LogP contribution in [0.15, 0.2) is 36.4 Å². The molecule has 0 atom stereocenters. The maximum atomic E-state index is 4.44. The number of aromatic nitrogens is 2. The molecule has 1 fully saturated rings. The molecule has 20 heavy (non-hydrogen) atoms. The first-order chi connectivity index (χ1) is 9.74. The summed E-state index contributed by atoms with van der Waals surface area (Å²) < 4.78 is 0. The summed E-state index contributed by atoms with van der Waals surface area (Å²) in [5.74, 6) is 0. The summed E-state index contributed by atoms with van der Waals surface area (Å²) in [5.41, 5.74) is 4.30. The van der Waals surface area contributed by atoms with Gasteiger partial charge in [-0.3, -0.25) is 0 Å². The van der Waals surface area contributed by atoms with Crippen molar-refractivity contribution in [3.8, 4) is 11.3 Å². The van der Waals surface area contributed by atoms with Crippen LogP contribution in [0.25, 0.3) is 11.3 Å². The second-order valence-corrected chi connectivity index (χ2v) is 5.38. The molecule has 0 aliphatic carbocycles. The van der Waals surface area contributed by atoms with E-state index in [2.05, 4.69) is 45.2 Å². The average molecular weight is 268 g/mol. The SMILES string of the molecule is Cc1cc(N2CCN(C)CC2)c(-c2ccccc2)nn1. The molecule has 0 saturated carbocycles. The zero-order valence-corrected chi connectivity index (χ0v) is 12.1. The van der Waals surface area contributed by atoms with E-state index in [1.54, 1.807) is 0 Å². The molecule has 4 heteroatoms. The molecule has 3 rings (SSSR count). The van der Waals surface area contributed by atoms with Crippen molar-refractivity contribution in [1.29, 1.82) is 0 Å². The molecule has 0 unspecified atom stereocenters. The highest BCUT2D eigenvalue weighted by Gasteiger charge is 2.19. The topological polar surface area (TPSA) is 32.3 Å². The van der Waals surface area contributed by atoms with Gasteiger partial charge in [-0.2, -0.15) is 5.10 Å². The van der Waals surface area contributed by atoms with E-state index in [1.807, 2.05) is 25.1 Å². The lowest BCUT2D eigenvalue weighted by molar-refractivity contribution is 0.313. The second-order valence-electron chi connectivity index (χ2n) is 5.38. The maximum absolute atomic E-state index is 4.44. The van der Waals surface area contributed by atoms with Crippen LogP contribution in [0.2, 0.25) is 0 Å². The molecule has 0 amide bonds. The molecule has 104 valence electrons. The molecule has 0 radical (unpaired) electrons.